The second kappa shape index (κ2) is 6.12. The van der Waals surface area contributed by atoms with Gasteiger partial charge in [0.2, 0.25) is 5.13 Å². The highest BCUT2D eigenvalue weighted by Crippen LogP contribution is 2.25. The maximum Gasteiger partial charge on any atom is 0.203 e. The zero-order valence-electron chi connectivity index (χ0n) is 10.3. The highest BCUT2D eigenvalue weighted by atomic mass is 79.9. The third-order valence-corrected chi connectivity index (χ3v) is 3.55. The van der Waals surface area contributed by atoms with Crippen LogP contribution in [-0.2, 0) is 0 Å². The number of aromatic nitrogens is 1. The lowest BCUT2D eigenvalue weighted by atomic mass is 10.2. The van der Waals surface area contributed by atoms with Gasteiger partial charge < -0.3 is 4.74 Å². The Kier molecular flexibility index (Phi) is 4.49. The van der Waals surface area contributed by atoms with Gasteiger partial charge in [-0.1, -0.05) is 15.9 Å². The fraction of sp³-hybridized carbons (Fsp3) is 0.167. The van der Waals surface area contributed by atoms with Crippen molar-refractivity contribution in [2.24, 2.45) is 5.10 Å². The van der Waals surface area contributed by atoms with E-state index >= 15 is 0 Å². The average Bonchev–Trinajstić information content (AvgIpc) is 2.74. The van der Waals surface area contributed by atoms with Crippen molar-refractivity contribution in [3.63, 3.8) is 0 Å². The molecule has 1 N–H and O–H groups in total. The van der Waals surface area contributed by atoms with Crippen molar-refractivity contribution in [3.8, 4) is 5.75 Å². The topological polar surface area (TPSA) is 46.5 Å². The van der Waals surface area contributed by atoms with Crippen LogP contribution < -0.4 is 10.2 Å². The summed E-state index contributed by atoms with van der Waals surface area (Å²) in [6.07, 6.45) is 1.49. The minimum atomic E-state index is -0.441. The molecule has 1 aromatic heterocycles. The molecule has 0 aliphatic heterocycles. The summed E-state index contributed by atoms with van der Waals surface area (Å²) in [5, 5.41) is 6.62. The summed E-state index contributed by atoms with van der Waals surface area (Å²) >= 11 is 4.68. The monoisotopic (exact) mass is 343 g/mol. The third kappa shape index (κ3) is 3.51. The third-order valence-electron chi connectivity index (χ3n) is 2.22. The predicted octanol–water partition coefficient (Wildman–Crippen LogP) is 3.81. The van der Waals surface area contributed by atoms with E-state index in [2.05, 4.69) is 31.4 Å². The van der Waals surface area contributed by atoms with Gasteiger partial charge in [-0.05, 0) is 19.1 Å². The van der Waals surface area contributed by atoms with Crippen LogP contribution in [0.2, 0.25) is 0 Å². The summed E-state index contributed by atoms with van der Waals surface area (Å²) < 4.78 is 19.3. The van der Waals surface area contributed by atoms with E-state index in [1.165, 1.54) is 30.7 Å². The van der Waals surface area contributed by atoms with E-state index in [-0.39, 0.29) is 5.75 Å². The van der Waals surface area contributed by atoms with Crippen LogP contribution in [0.15, 0.2) is 27.1 Å². The molecule has 0 aliphatic rings. The van der Waals surface area contributed by atoms with Crippen LogP contribution in [0.25, 0.3) is 0 Å². The van der Waals surface area contributed by atoms with E-state index in [9.17, 15) is 4.39 Å². The fourth-order valence-corrected chi connectivity index (χ4v) is 2.54. The molecule has 2 aromatic rings. The quantitative estimate of drug-likeness (QED) is 0.678. The Hall–Kier alpha value is -1.47. The Bertz CT molecular complexity index is 615. The van der Waals surface area contributed by atoms with E-state index in [0.29, 0.717) is 15.2 Å². The fourth-order valence-electron chi connectivity index (χ4n) is 1.45. The van der Waals surface area contributed by atoms with Crippen molar-refractivity contribution >= 4 is 38.6 Å². The summed E-state index contributed by atoms with van der Waals surface area (Å²) in [5.41, 5.74) is 4.25. The molecular weight excluding hydrogens is 333 g/mol. The number of hydrogen-bond donors (Lipinski definition) is 1. The SMILES string of the molecule is COc1c(F)cc(Br)cc1C=NNc1nc(C)cs1. The van der Waals surface area contributed by atoms with Gasteiger partial charge in [0.15, 0.2) is 11.6 Å². The zero-order chi connectivity index (χ0) is 13.8. The molecule has 4 nitrogen and oxygen atoms in total. The molecule has 0 spiro atoms. The van der Waals surface area contributed by atoms with Gasteiger partial charge in [0.25, 0.3) is 0 Å². The summed E-state index contributed by atoms with van der Waals surface area (Å²) in [5.74, 6) is -0.285. The summed E-state index contributed by atoms with van der Waals surface area (Å²) in [6.45, 7) is 1.90. The van der Waals surface area contributed by atoms with Crippen LogP contribution in [0.1, 0.15) is 11.3 Å². The first kappa shape index (κ1) is 14.0. The van der Waals surface area contributed by atoms with Crippen LogP contribution in [0.5, 0.6) is 5.75 Å². The number of methoxy groups -OCH3 is 1. The first-order chi connectivity index (χ1) is 9.10. The highest BCUT2D eigenvalue weighted by Gasteiger charge is 2.09. The van der Waals surface area contributed by atoms with E-state index in [1.807, 2.05) is 12.3 Å². The Morgan fingerprint density at radius 3 is 2.95 bits per heavy atom. The van der Waals surface area contributed by atoms with Crippen LogP contribution >= 0.6 is 27.3 Å². The molecule has 1 aromatic carbocycles. The van der Waals surface area contributed by atoms with Crippen molar-refractivity contribution in [1.82, 2.24) is 4.98 Å². The number of nitrogens with one attached hydrogen (secondary N) is 1. The van der Waals surface area contributed by atoms with Gasteiger partial charge >= 0.3 is 0 Å². The van der Waals surface area contributed by atoms with Crippen molar-refractivity contribution in [1.29, 1.82) is 0 Å². The first-order valence-electron chi connectivity index (χ1n) is 5.34. The van der Waals surface area contributed by atoms with Gasteiger partial charge in [-0.2, -0.15) is 5.10 Å². The lowest BCUT2D eigenvalue weighted by molar-refractivity contribution is 0.385. The number of halogens is 2. The smallest absolute Gasteiger partial charge is 0.203 e. The lowest BCUT2D eigenvalue weighted by Gasteiger charge is -2.06. The molecule has 0 bridgehead atoms. The summed E-state index contributed by atoms with van der Waals surface area (Å²) in [6, 6.07) is 3.06. The zero-order valence-corrected chi connectivity index (χ0v) is 12.7. The number of rotatable bonds is 4. The Morgan fingerprint density at radius 1 is 1.53 bits per heavy atom. The van der Waals surface area contributed by atoms with Crippen molar-refractivity contribution in [3.05, 3.63) is 39.1 Å². The molecule has 0 aliphatic carbocycles. The van der Waals surface area contributed by atoms with Gasteiger partial charge in [0.1, 0.15) is 0 Å². The Labute approximate surface area is 122 Å². The van der Waals surface area contributed by atoms with Crippen LogP contribution in [0.4, 0.5) is 9.52 Å². The molecule has 7 heteroatoms. The van der Waals surface area contributed by atoms with E-state index in [1.54, 1.807) is 6.07 Å². The van der Waals surface area contributed by atoms with Crippen LogP contribution in [-0.4, -0.2) is 18.3 Å². The second-order valence-electron chi connectivity index (χ2n) is 3.67. The molecule has 100 valence electrons. The molecule has 0 atom stereocenters. The molecule has 0 unspecified atom stereocenters. The van der Waals surface area contributed by atoms with Gasteiger partial charge in [-0.15, -0.1) is 11.3 Å². The molecule has 0 fully saturated rings. The number of hydrogen-bond acceptors (Lipinski definition) is 5. The molecule has 2 rings (SSSR count). The first-order valence-corrected chi connectivity index (χ1v) is 7.01. The largest absolute Gasteiger partial charge is 0.493 e. The minimum Gasteiger partial charge on any atom is -0.493 e. The molecular formula is C12H11BrFN3OS. The number of thiazole rings is 1. The number of aryl methyl sites for hydroxylation is 1. The van der Waals surface area contributed by atoms with Crippen molar-refractivity contribution in [2.75, 3.05) is 12.5 Å². The molecule has 19 heavy (non-hydrogen) atoms. The summed E-state index contributed by atoms with van der Waals surface area (Å²) in [7, 11) is 1.42. The summed E-state index contributed by atoms with van der Waals surface area (Å²) in [4.78, 5) is 4.20. The Balaban J connectivity index is 2.18. The molecule has 0 saturated heterocycles. The molecule has 0 radical (unpaired) electrons. The number of benzene rings is 1. The predicted molar refractivity (Wildman–Crippen MR) is 78.7 cm³/mol. The van der Waals surface area contributed by atoms with Gasteiger partial charge in [-0.3, -0.25) is 5.43 Å². The number of nitrogens with zero attached hydrogens (tertiary/aromatic N) is 2. The van der Waals surface area contributed by atoms with Crippen LogP contribution in [0.3, 0.4) is 0 Å². The van der Waals surface area contributed by atoms with E-state index < -0.39 is 5.82 Å². The maximum atomic E-state index is 13.6. The van der Waals surface area contributed by atoms with Crippen molar-refractivity contribution < 1.29 is 9.13 Å². The average molecular weight is 344 g/mol. The van der Waals surface area contributed by atoms with Gasteiger partial charge in [0, 0.05) is 15.4 Å². The molecule has 0 saturated carbocycles. The lowest BCUT2D eigenvalue weighted by Crippen LogP contribution is -1.97. The second-order valence-corrected chi connectivity index (χ2v) is 5.45. The molecule has 1 heterocycles. The standard InChI is InChI=1S/C12H11BrFN3OS/c1-7-6-19-12(16-7)17-15-5-8-3-9(13)4-10(14)11(8)18-2/h3-6H,1-2H3,(H,16,17). The van der Waals surface area contributed by atoms with E-state index in [0.717, 1.165) is 5.69 Å². The van der Waals surface area contributed by atoms with Crippen LogP contribution in [0, 0.1) is 12.7 Å². The highest BCUT2D eigenvalue weighted by molar-refractivity contribution is 9.10. The van der Waals surface area contributed by atoms with Crippen molar-refractivity contribution in [2.45, 2.75) is 6.92 Å². The Morgan fingerprint density at radius 2 is 2.32 bits per heavy atom. The van der Waals surface area contributed by atoms with Gasteiger partial charge in [0.05, 0.1) is 19.0 Å². The number of ether oxygens (including phenoxy) is 1. The van der Waals surface area contributed by atoms with E-state index in [4.69, 9.17) is 4.74 Å². The minimum absolute atomic E-state index is 0.157. The number of anilines is 1. The number of hydrazone groups is 1. The molecule has 0 amide bonds. The normalized spacial score (nSPS) is 10.9. The van der Waals surface area contributed by atoms with Gasteiger partial charge in [-0.25, -0.2) is 9.37 Å². The maximum absolute atomic E-state index is 13.6.